The molecule has 1 saturated heterocycles. The Morgan fingerprint density at radius 1 is 1.43 bits per heavy atom. The minimum atomic E-state index is -0.515. The van der Waals surface area contributed by atoms with Crippen molar-refractivity contribution in [2.75, 3.05) is 25.4 Å². The normalized spacial score (nSPS) is 25.8. The summed E-state index contributed by atoms with van der Waals surface area (Å²) in [5.41, 5.74) is 2.77. The molecular formula is C18H26N2O2S. The van der Waals surface area contributed by atoms with E-state index in [4.69, 9.17) is 0 Å². The summed E-state index contributed by atoms with van der Waals surface area (Å²) in [5.74, 6) is 1.13. The van der Waals surface area contributed by atoms with Crippen LogP contribution in [0.1, 0.15) is 30.9 Å². The SMILES string of the molecule is CC1(C(=O)NCC(O)CN2CCc3ccccc3C2)CCCS1. The van der Waals surface area contributed by atoms with Gasteiger partial charge in [0, 0.05) is 26.2 Å². The molecule has 2 aliphatic rings. The lowest BCUT2D eigenvalue weighted by Gasteiger charge is -2.30. The highest BCUT2D eigenvalue weighted by Crippen LogP contribution is 2.37. The summed E-state index contributed by atoms with van der Waals surface area (Å²) in [4.78, 5) is 14.5. The Labute approximate surface area is 142 Å². The van der Waals surface area contributed by atoms with Gasteiger partial charge in [0.05, 0.1) is 10.9 Å². The fraction of sp³-hybridized carbons (Fsp3) is 0.611. The van der Waals surface area contributed by atoms with E-state index in [2.05, 4.69) is 34.5 Å². The van der Waals surface area contributed by atoms with Crippen LogP contribution in [0.25, 0.3) is 0 Å². The molecule has 2 unspecified atom stereocenters. The van der Waals surface area contributed by atoms with Crippen molar-refractivity contribution in [3.05, 3.63) is 35.4 Å². The molecule has 0 spiro atoms. The lowest BCUT2D eigenvalue weighted by molar-refractivity contribution is -0.123. The van der Waals surface area contributed by atoms with Gasteiger partial charge in [-0.15, -0.1) is 11.8 Å². The first-order valence-corrected chi connectivity index (χ1v) is 9.45. The van der Waals surface area contributed by atoms with Crippen LogP contribution in [-0.4, -0.2) is 52.2 Å². The third-order valence-corrected chi connectivity index (χ3v) is 6.40. The zero-order chi connectivity index (χ0) is 16.3. The highest BCUT2D eigenvalue weighted by Gasteiger charge is 2.37. The summed E-state index contributed by atoms with van der Waals surface area (Å²) in [5, 5.41) is 13.2. The average Bonchev–Trinajstić information content (AvgIpc) is 3.00. The smallest absolute Gasteiger partial charge is 0.236 e. The summed E-state index contributed by atoms with van der Waals surface area (Å²) in [7, 11) is 0. The first-order valence-electron chi connectivity index (χ1n) is 8.46. The molecular weight excluding hydrogens is 308 g/mol. The van der Waals surface area contributed by atoms with Gasteiger partial charge in [-0.1, -0.05) is 24.3 Å². The summed E-state index contributed by atoms with van der Waals surface area (Å²) in [6.07, 6.45) is 2.55. The summed E-state index contributed by atoms with van der Waals surface area (Å²) >= 11 is 1.73. The number of hydrogen-bond acceptors (Lipinski definition) is 4. The third-order valence-electron chi connectivity index (χ3n) is 4.88. The van der Waals surface area contributed by atoms with Crippen molar-refractivity contribution in [2.24, 2.45) is 0 Å². The van der Waals surface area contributed by atoms with E-state index in [1.807, 2.05) is 6.92 Å². The van der Waals surface area contributed by atoms with Gasteiger partial charge in [0.25, 0.3) is 0 Å². The van der Waals surface area contributed by atoms with E-state index >= 15 is 0 Å². The molecule has 2 atom stereocenters. The number of fused-ring (bicyclic) bond motifs is 1. The van der Waals surface area contributed by atoms with Crippen LogP contribution in [0.3, 0.4) is 0 Å². The van der Waals surface area contributed by atoms with E-state index in [9.17, 15) is 9.90 Å². The number of thioether (sulfide) groups is 1. The van der Waals surface area contributed by atoms with Crippen molar-refractivity contribution in [1.82, 2.24) is 10.2 Å². The van der Waals surface area contributed by atoms with E-state index < -0.39 is 6.10 Å². The summed E-state index contributed by atoms with van der Waals surface area (Å²) in [6.45, 7) is 4.81. The monoisotopic (exact) mass is 334 g/mol. The van der Waals surface area contributed by atoms with Gasteiger partial charge in [-0.3, -0.25) is 9.69 Å². The Morgan fingerprint density at radius 3 is 2.96 bits per heavy atom. The van der Waals surface area contributed by atoms with Crippen LogP contribution in [0.4, 0.5) is 0 Å². The zero-order valence-corrected chi connectivity index (χ0v) is 14.6. The fourth-order valence-corrected chi connectivity index (χ4v) is 4.66. The standard InChI is InChI=1S/C18H26N2O2S/c1-18(8-4-10-23-18)17(22)19-11-16(21)13-20-9-7-14-5-2-3-6-15(14)12-20/h2-3,5-6,16,21H,4,7-13H2,1H3,(H,19,22). The van der Waals surface area contributed by atoms with Crippen molar-refractivity contribution in [3.8, 4) is 0 Å². The number of rotatable bonds is 5. The molecule has 23 heavy (non-hydrogen) atoms. The number of nitrogens with one attached hydrogen (secondary N) is 1. The summed E-state index contributed by atoms with van der Waals surface area (Å²) in [6, 6.07) is 8.50. The van der Waals surface area contributed by atoms with Crippen LogP contribution < -0.4 is 5.32 Å². The van der Waals surface area contributed by atoms with Gasteiger partial charge in [-0.05, 0) is 43.1 Å². The van der Waals surface area contributed by atoms with Crippen LogP contribution in [0, 0.1) is 0 Å². The minimum Gasteiger partial charge on any atom is -0.390 e. The van der Waals surface area contributed by atoms with Crippen LogP contribution in [0.15, 0.2) is 24.3 Å². The van der Waals surface area contributed by atoms with Gasteiger partial charge >= 0.3 is 0 Å². The number of nitrogens with zero attached hydrogens (tertiary/aromatic N) is 1. The zero-order valence-electron chi connectivity index (χ0n) is 13.8. The topological polar surface area (TPSA) is 52.6 Å². The van der Waals surface area contributed by atoms with Gasteiger partial charge in [-0.2, -0.15) is 0 Å². The van der Waals surface area contributed by atoms with E-state index in [0.717, 1.165) is 38.1 Å². The molecule has 0 aliphatic carbocycles. The molecule has 5 heteroatoms. The van der Waals surface area contributed by atoms with E-state index in [-0.39, 0.29) is 10.7 Å². The molecule has 0 saturated carbocycles. The average molecular weight is 334 g/mol. The number of aliphatic hydroxyl groups is 1. The molecule has 126 valence electrons. The number of carbonyl (C=O) groups is 1. The Balaban J connectivity index is 1.45. The molecule has 2 aliphatic heterocycles. The third kappa shape index (κ3) is 4.08. The van der Waals surface area contributed by atoms with Gasteiger partial charge in [0.1, 0.15) is 0 Å². The molecule has 0 aromatic heterocycles. The molecule has 2 heterocycles. The lowest BCUT2D eigenvalue weighted by Crippen LogP contribution is -2.46. The number of carbonyl (C=O) groups excluding carboxylic acids is 1. The molecule has 0 radical (unpaired) electrons. The van der Waals surface area contributed by atoms with Crippen LogP contribution in [0.5, 0.6) is 0 Å². The van der Waals surface area contributed by atoms with Crippen molar-refractivity contribution in [3.63, 3.8) is 0 Å². The quantitative estimate of drug-likeness (QED) is 0.862. The molecule has 4 nitrogen and oxygen atoms in total. The van der Waals surface area contributed by atoms with Crippen LogP contribution in [0.2, 0.25) is 0 Å². The van der Waals surface area contributed by atoms with E-state index in [1.165, 1.54) is 11.1 Å². The molecule has 1 aromatic carbocycles. The number of benzene rings is 1. The maximum Gasteiger partial charge on any atom is 0.236 e. The van der Waals surface area contributed by atoms with Crippen molar-refractivity contribution in [2.45, 2.75) is 43.6 Å². The Bertz CT molecular complexity index is 558. The van der Waals surface area contributed by atoms with Gasteiger partial charge in [0.15, 0.2) is 0 Å². The van der Waals surface area contributed by atoms with Gasteiger partial charge < -0.3 is 10.4 Å². The number of β-amino-alcohol motifs (C(OH)–C–C–N with tert-alkyl or cyclic N) is 1. The molecule has 1 fully saturated rings. The second-order valence-electron chi connectivity index (χ2n) is 6.80. The van der Waals surface area contributed by atoms with Crippen molar-refractivity contribution < 1.29 is 9.90 Å². The molecule has 2 N–H and O–H groups in total. The highest BCUT2D eigenvalue weighted by molar-refractivity contribution is 8.01. The second kappa shape index (κ2) is 7.24. The van der Waals surface area contributed by atoms with Gasteiger partial charge in [-0.25, -0.2) is 0 Å². The Hall–Kier alpha value is -1.04. The highest BCUT2D eigenvalue weighted by atomic mass is 32.2. The van der Waals surface area contributed by atoms with Crippen LogP contribution >= 0.6 is 11.8 Å². The maximum atomic E-state index is 12.3. The Morgan fingerprint density at radius 2 is 2.22 bits per heavy atom. The first kappa shape index (κ1) is 16.8. The molecule has 1 amide bonds. The predicted octanol–water partition coefficient (Wildman–Crippen LogP) is 1.81. The molecule has 0 bridgehead atoms. The van der Waals surface area contributed by atoms with Crippen molar-refractivity contribution >= 4 is 17.7 Å². The number of amides is 1. The fourth-order valence-electron chi connectivity index (χ4n) is 3.43. The number of hydrogen-bond donors (Lipinski definition) is 2. The molecule has 3 rings (SSSR count). The lowest BCUT2D eigenvalue weighted by atomic mass is 10.00. The summed E-state index contributed by atoms with van der Waals surface area (Å²) < 4.78 is -0.302. The first-order chi connectivity index (χ1) is 11.1. The Kier molecular flexibility index (Phi) is 5.29. The van der Waals surface area contributed by atoms with E-state index in [0.29, 0.717) is 13.1 Å². The molecule has 1 aromatic rings. The van der Waals surface area contributed by atoms with E-state index in [1.54, 1.807) is 11.8 Å². The van der Waals surface area contributed by atoms with Crippen molar-refractivity contribution in [1.29, 1.82) is 0 Å². The minimum absolute atomic E-state index is 0.0723. The van der Waals surface area contributed by atoms with Gasteiger partial charge in [0.2, 0.25) is 5.91 Å². The van der Waals surface area contributed by atoms with Crippen LogP contribution in [-0.2, 0) is 17.8 Å². The largest absolute Gasteiger partial charge is 0.390 e. The predicted molar refractivity (Wildman–Crippen MR) is 94.5 cm³/mol. The maximum absolute atomic E-state index is 12.3. The second-order valence-corrected chi connectivity index (χ2v) is 8.40. The number of aliphatic hydroxyl groups excluding tert-OH is 1.